The zero-order valence-electron chi connectivity index (χ0n) is 16.0. The average Bonchev–Trinajstić information content (AvgIpc) is 3.22. The molecule has 31 heavy (non-hydrogen) atoms. The minimum absolute atomic E-state index is 0.0131. The highest BCUT2D eigenvalue weighted by Crippen LogP contribution is 2.20. The Hall–Kier alpha value is -3.76. The summed E-state index contributed by atoms with van der Waals surface area (Å²) in [6, 6.07) is 6.90. The third kappa shape index (κ3) is 5.44. The van der Waals surface area contributed by atoms with Crippen molar-refractivity contribution in [2.24, 2.45) is 0 Å². The van der Waals surface area contributed by atoms with Gasteiger partial charge in [-0.2, -0.15) is 4.98 Å². The van der Waals surface area contributed by atoms with E-state index >= 15 is 0 Å². The lowest BCUT2D eigenvalue weighted by Crippen LogP contribution is -2.30. The molecule has 0 spiro atoms. The number of nitrogens with one attached hydrogen (secondary N) is 1. The largest absolute Gasteiger partial charge is 0.453 e. The Balaban J connectivity index is 1.51. The number of aromatic nitrogens is 2. The van der Waals surface area contributed by atoms with Crippen molar-refractivity contribution >= 4 is 17.6 Å². The molecule has 7 nitrogen and oxygen atoms in total. The zero-order chi connectivity index (χ0) is 22.5. The second kappa shape index (κ2) is 9.37. The number of esters is 1. The molecule has 1 aromatic heterocycles. The Morgan fingerprint density at radius 3 is 2.48 bits per heavy atom. The van der Waals surface area contributed by atoms with Gasteiger partial charge in [-0.25, -0.2) is 17.6 Å². The number of carbonyl (C=O) groups is 2. The molecule has 0 fully saturated rings. The molecule has 1 unspecified atom stereocenters. The molecule has 1 atom stereocenters. The summed E-state index contributed by atoms with van der Waals surface area (Å²) in [5.74, 6) is -6.51. The van der Waals surface area contributed by atoms with E-state index in [0.717, 1.165) is 6.07 Å². The van der Waals surface area contributed by atoms with Crippen LogP contribution in [0.2, 0.25) is 0 Å². The highest BCUT2D eigenvalue weighted by atomic mass is 19.2. The third-order valence-electron chi connectivity index (χ3n) is 4.08. The van der Waals surface area contributed by atoms with Gasteiger partial charge in [0.05, 0.1) is 12.1 Å². The van der Waals surface area contributed by atoms with Crippen LogP contribution in [-0.2, 0) is 20.7 Å². The predicted molar refractivity (Wildman–Crippen MR) is 98.5 cm³/mol. The van der Waals surface area contributed by atoms with E-state index in [4.69, 9.17) is 9.26 Å². The summed E-state index contributed by atoms with van der Waals surface area (Å²) >= 11 is 0. The van der Waals surface area contributed by atoms with E-state index in [1.165, 1.54) is 31.2 Å². The number of benzene rings is 2. The molecule has 2 aromatic carbocycles. The molecule has 0 aliphatic rings. The normalized spacial score (nSPS) is 11.8. The third-order valence-corrected chi connectivity index (χ3v) is 4.08. The van der Waals surface area contributed by atoms with Crippen LogP contribution in [0.3, 0.4) is 0 Å². The van der Waals surface area contributed by atoms with Crippen LogP contribution in [0.1, 0.15) is 19.2 Å². The standard InChI is InChI=1S/C20H15F4N3O4/c1-10(20(29)25-14-7-6-13(22)17(23)18(14)24)30-16(28)9-8-15-26-19(27-31-15)11-2-4-12(21)5-3-11/h2-7,10H,8-9H2,1H3,(H,25,29). The van der Waals surface area contributed by atoms with Crippen molar-refractivity contribution in [1.82, 2.24) is 10.1 Å². The molecule has 11 heteroatoms. The lowest BCUT2D eigenvalue weighted by molar-refractivity contribution is -0.153. The van der Waals surface area contributed by atoms with Gasteiger partial charge in [-0.05, 0) is 43.3 Å². The molecule has 0 aliphatic heterocycles. The fourth-order valence-corrected chi connectivity index (χ4v) is 2.45. The molecule has 0 saturated carbocycles. The maximum atomic E-state index is 13.6. The first-order valence-corrected chi connectivity index (χ1v) is 8.97. The van der Waals surface area contributed by atoms with E-state index in [9.17, 15) is 27.2 Å². The van der Waals surface area contributed by atoms with Crippen molar-refractivity contribution in [3.05, 3.63) is 65.6 Å². The van der Waals surface area contributed by atoms with Crippen LogP contribution >= 0.6 is 0 Å². The van der Waals surface area contributed by atoms with E-state index in [1.807, 2.05) is 5.32 Å². The maximum absolute atomic E-state index is 13.6. The van der Waals surface area contributed by atoms with Gasteiger partial charge in [0.2, 0.25) is 11.7 Å². The lowest BCUT2D eigenvalue weighted by atomic mass is 10.2. The summed E-state index contributed by atoms with van der Waals surface area (Å²) in [6.45, 7) is 1.23. The Bertz CT molecular complexity index is 1100. The van der Waals surface area contributed by atoms with Crippen molar-refractivity contribution in [3.63, 3.8) is 0 Å². The molecular formula is C20H15F4N3O4. The number of aryl methyl sites for hydroxylation is 1. The Kier molecular flexibility index (Phi) is 6.63. The number of rotatable bonds is 7. The van der Waals surface area contributed by atoms with Crippen LogP contribution in [0.4, 0.5) is 23.2 Å². The number of halogens is 4. The number of nitrogens with zero attached hydrogens (tertiary/aromatic N) is 2. The first-order valence-electron chi connectivity index (χ1n) is 8.97. The van der Waals surface area contributed by atoms with Gasteiger partial charge in [-0.1, -0.05) is 5.16 Å². The summed E-state index contributed by atoms with van der Waals surface area (Å²) in [5.41, 5.74) is -0.0697. The van der Waals surface area contributed by atoms with E-state index in [-0.39, 0.29) is 24.6 Å². The summed E-state index contributed by atoms with van der Waals surface area (Å²) in [6.07, 6.45) is -1.53. The fourth-order valence-electron chi connectivity index (χ4n) is 2.45. The lowest BCUT2D eigenvalue weighted by Gasteiger charge is -2.14. The number of carbonyl (C=O) groups excluding carboxylic acids is 2. The minimum atomic E-state index is -1.73. The zero-order valence-corrected chi connectivity index (χ0v) is 16.0. The minimum Gasteiger partial charge on any atom is -0.453 e. The van der Waals surface area contributed by atoms with Gasteiger partial charge in [0, 0.05) is 12.0 Å². The molecule has 0 radical (unpaired) electrons. The van der Waals surface area contributed by atoms with Crippen LogP contribution in [0.5, 0.6) is 0 Å². The number of hydrogen-bond donors (Lipinski definition) is 1. The second-order valence-electron chi connectivity index (χ2n) is 6.36. The van der Waals surface area contributed by atoms with Crippen molar-refractivity contribution in [1.29, 1.82) is 0 Å². The summed E-state index contributed by atoms with van der Waals surface area (Å²) in [4.78, 5) is 28.0. The van der Waals surface area contributed by atoms with Crippen molar-refractivity contribution < 1.29 is 36.4 Å². The van der Waals surface area contributed by atoms with Gasteiger partial charge in [-0.15, -0.1) is 0 Å². The highest BCUT2D eigenvalue weighted by Gasteiger charge is 2.22. The molecule has 3 rings (SSSR count). The Labute approximate surface area is 173 Å². The van der Waals surface area contributed by atoms with E-state index in [1.54, 1.807) is 0 Å². The number of anilines is 1. The summed E-state index contributed by atoms with van der Waals surface area (Å²) in [7, 11) is 0. The maximum Gasteiger partial charge on any atom is 0.307 e. The molecule has 0 bridgehead atoms. The second-order valence-corrected chi connectivity index (χ2v) is 6.36. The number of hydrogen-bond acceptors (Lipinski definition) is 6. The van der Waals surface area contributed by atoms with Crippen LogP contribution in [-0.4, -0.2) is 28.1 Å². The molecule has 1 N–H and O–H groups in total. The number of amides is 1. The van der Waals surface area contributed by atoms with Crippen molar-refractivity contribution in [3.8, 4) is 11.4 Å². The summed E-state index contributed by atoms with van der Waals surface area (Å²) in [5, 5.41) is 5.75. The van der Waals surface area contributed by atoms with Gasteiger partial charge in [0.25, 0.3) is 5.91 Å². The SMILES string of the molecule is CC(OC(=O)CCc1nc(-c2ccc(F)cc2)no1)C(=O)Nc1ccc(F)c(F)c1F. The van der Waals surface area contributed by atoms with Gasteiger partial charge < -0.3 is 14.6 Å². The van der Waals surface area contributed by atoms with Gasteiger partial charge in [-0.3, -0.25) is 9.59 Å². The van der Waals surface area contributed by atoms with Crippen molar-refractivity contribution in [2.45, 2.75) is 25.9 Å². The van der Waals surface area contributed by atoms with Crippen LogP contribution in [0.15, 0.2) is 40.9 Å². The van der Waals surface area contributed by atoms with E-state index in [2.05, 4.69) is 10.1 Å². The van der Waals surface area contributed by atoms with Crippen LogP contribution < -0.4 is 5.32 Å². The topological polar surface area (TPSA) is 94.3 Å². The monoisotopic (exact) mass is 437 g/mol. The number of ether oxygens (including phenoxy) is 1. The van der Waals surface area contributed by atoms with E-state index in [0.29, 0.717) is 11.6 Å². The Morgan fingerprint density at radius 2 is 1.77 bits per heavy atom. The highest BCUT2D eigenvalue weighted by molar-refractivity contribution is 5.95. The quantitative estimate of drug-likeness (QED) is 0.343. The van der Waals surface area contributed by atoms with Crippen LogP contribution in [0, 0.1) is 23.3 Å². The van der Waals surface area contributed by atoms with Crippen LogP contribution in [0.25, 0.3) is 11.4 Å². The molecular weight excluding hydrogens is 422 g/mol. The Morgan fingerprint density at radius 1 is 1.06 bits per heavy atom. The van der Waals surface area contributed by atoms with E-state index < -0.39 is 46.9 Å². The smallest absolute Gasteiger partial charge is 0.307 e. The molecule has 3 aromatic rings. The average molecular weight is 437 g/mol. The molecule has 0 aliphatic carbocycles. The molecule has 1 amide bonds. The van der Waals surface area contributed by atoms with Gasteiger partial charge in [0.1, 0.15) is 5.82 Å². The first kappa shape index (κ1) is 21.9. The van der Waals surface area contributed by atoms with Crippen molar-refractivity contribution in [2.75, 3.05) is 5.32 Å². The van der Waals surface area contributed by atoms with Gasteiger partial charge in [0.15, 0.2) is 23.6 Å². The molecule has 1 heterocycles. The predicted octanol–water partition coefficient (Wildman–Crippen LogP) is 3.80. The summed E-state index contributed by atoms with van der Waals surface area (Å²) < 4.78 is 62.7. The van der Waals surface area contributed by atoms with Gasteiger partial charge >= 0.3 is 5.97 Å². The molecule has 0 saturated heterocycles. The molecule has 162 valence electrons. The first-order chi connectivity index (χ1) is 14.7. The fraction of sp³-hybridized carbons (Fsp3) is 0.200.